The highest BCUT2D eigenvalue weighted by Crippen LogP contribution is 2.35. The maximum Gasteiger partial charge on any atom is 0.226 e. The molecule has 0 aliphatic heterocycles. The summed E-state index contributed by atoms with van der Waals surface area (Å²) < 4.78 is 11.3. The number of nitrogens with zero attached hydrogens (tertiary/aromatic N) is 2. The van der Waals surface area contributed by atoms with Crippen molar-refractivity contribution in [2.75, 3.05) is 13.7 Å². The van der Waals surface area contributed by atoms with Crippen LogP contribution in [0.4, 0.5) is 0 Å². The Bertz CT molecular complexity index is 402. The summed E-state index contributed by atoms with van der Waals surface area (Å²) in [6, 6.07) is 0.460. The predicted molar refractivity (Wildman–Crippen MR) is 82.1 cm³/mol. The van der Waals surface area contributed by atoms with Crippen LogP contribution in [0.1, 0.15) is 70.2 Å². The first-order valence-corrected chi connectivity index (χ1v) is 8.36. The van der Waals surface area contributed by atoms with Gasteiger partial charge in [0.25, 0.3) is 0 Å². The molecule has 1 aliphatic rings. The average molecular weight is 295 g/mol. The molecule has 5 heteroatoms. The van der Waals surface area contributed by atoms with Crippen LogP contribution in [0.5, 0.6) is 0 Å². The maximum absolute atomic E-state index is 5.93. The Morgan fingerprint density at radius 2 is 2.10 bits per heavy atom. The van der Waals surface area contributed by atoms with Gasteiger partial charge in [0.05, 0.1) is 0 Å². The molecule has 1 aromatic heterocycles. The lowest BCUT2D eigenvalue weighted by Crippen LogP contribution is -2.21. The van der Waals surface area contributed by atoms with Crippen molar-refractivity contribution in [2.45, 2.75) is 70.9 Å². The van der Waals surface area contributed by atoms with Gasteiger partial charge >= 0.3 is 0 Å². The molecule has 0 radical (unpaired) electrons. The number of rotatable bonds is 8. The van der Waals surface area contributed by atoms with Crippen molar-refractivity contribution in [3.63, 3.8) is 0 Å². The molecule has 1 N–H and O–H groups in total. The number of nitrogens with one attached hydrogen (secondary N) is 1. The van der Waals surface area contributed by atoms with E-state index in [1.54, 1.807) is 0 Å². The zero-order valence-electron chi connectivity index (χ0n) is 13.6. The van der Waals surface area contributed by atoms with Crippen molar-refractivity contribution in [3.05, 3.63) is 11.7 Å². The monoisotopic (exact) mass is 295 g/mol. The van der Waals surface area contributed by atoms with Crippen LogP contribution in [0.25, 0.3) is 0 Å². The van der Waals surface area contributed by atoms with Crippen molar-refractivity contribution in [3.8, 4) is 0 Å². The van der Waals surface area contributed by atoms with Crippen LogP contribution in [-0.4, -0.2) is 29.8 Å². The summed E-state index contributed by atoms with van der Waals surface area (Å²) in [7, 11) is 1.97. The number of aromatic nitrogens is 2. The summed E-state index contributed by atoms with van der Waals surface area (Å²) in [4.78, 5) is 4.58. The second-order valence-corrected chi connectivity index (χ2v) is 6.05. The zero-order chi connectivity index (χ0) is 15.1. The first-order chi connectivity index (χ1) is 10.2. The fourth-order valence-electron chi connectivity index (χ4n) is 3.01. The quantitative estimate of drug-likeness (QED) is 0.797. The Balaban J connectivity index is 1.97. The van der Waals surface area contributed by atoms with E-state index < -0.39 is 0 Å². The molecule has 1 aromatic rings. The van der Waals surface area contributed by atoms with Gasteiger partial charge in [-0.2, -0.15) is 4.98 Å². The molecule has 120 valence electrons. The van der Waals surface area contributed by atoms with Gasteiger partial charge in [-0.3, -0.25) is 0 Å². The van der Waals surface area contributed by atoms with Gasteiger partial charge in [0.15, 0.2) is 0 Å². The number of hydrogen-bond acceptors (Lipinski definition) is 5. The second kappa shape index (κ2) is 8.49. The molecule has 0 bridgehead atoms. The van der Waals surface area contributed by atoms with E-state index in [2.05, 4.69) is 22.4 Å². The highest BCUT2D eigenvalue weighted by molar-refractivity contribution is 4.95. The van der Waals surface area contributed by atoms with Crippen LogP contribution in [0.2, 0.25) is 0 Å². The molecular formula is C16H29N3O2. The van der Waals surface area contributed by atoms with Gasteiger partial charge in [0, 0.05) is 19.1 Å². The van der Waals surface area contributed by atoms with Crippen LogP contribution in [0.15, 0.2) is 4.52 Å². The third-order valence-electron chi connectivity index (χ3n) is 4.45. The van der Waals surface area contributed by atoms with E-state index in [0.717, 1.165) is 24.6 Å². The lowest BCUT2D eigenvalue weighted by atomic mass is 9.85. The van der Waals surface area contributed by atoms with E-state index in [0.29, 0.717) is 18.6 Å². The van der Waals surface area contributed by atoms with Gasteiger partial charge in [-0.25, -0.2) is 0 Å². The molecule has 1 aliphatic carbocycles. The Morgan fingerprint density at radius 3 is 2.76 bits per heavy atom. The van der Waals surface area contributed by atoms with Crippen molar-refractivity contribution >= 4 is 0 Å². The maximum atomic E-state index is 5.93. The number of hydrogen-bond donors (Lipinski definition) is 1. The van der Waals surface area contributed by atoms with Gasteiger partial charge < -0.3 is 14.6 Å². The summed E-state index contributed by atoms with van der Waals surface area (Å²) in [5.41, 5.74) is 0. The molecule has 2 atom stereocenters. The van der Waals surface area contributed by atoms with E-state index in [1.165, 1.54) is 32.1 Å². The van der Waals surface area contributed by atoms with Crippen molar-refractivity contribution < 1.29 is 9.26 Å². The molecule has 1 heterocycles. The van der Waals surface area contributed by atoms with Crippen LogP contribution >= 0.6 is 0 Å². The minimum Gasteiger partial charge on any atom is -0.370 e. The largest absolute Gasteiger partial charge is 0.370 e. The minimum absolute atomic E-state index is 0.00882. The summed E-state index contributed by atoms with van der Waals surface area (Å²) in [6.45, 7) is 4.88. The fraction of sp³-hybridized carbons (Fsp3) is 0.875. The van der Waals surface area contributed by atoms with E-state index in [9.17, 15) is 0 Å². The average Bonchev–Trinajstić information content (AvgIpc) is 2.99. The zero-order valence-corrected chi connectivity index (χ0v) is 13.6. The van der Waals surface area contributed by atoms with Crippen LogP contribution in [-0.2, 0) is 11.2 Å². The lowest BCUT2D eigenvalue weighted by Gasteiger charge is -2.27. The van der Waals surface area contributed by atoms with Gasteiger partial charge in [0.1, 0.15) is 6.10 Å². The molecule has 1 saturated carbocycles. The Hall–Kier alpha value is -0.940. The van der Waals surface area contributed by atoms with Gasteiger partial charge in [-0.05, 0) is 46.1 Å². The van der Waals surface area contributed by atoms with Gasteiger partial charge in [-0.15, -0.1) is 0 Å². The molecule has 5 nitrogen and oxygen atoms in total. The molecule has 2 rings (SSSR count). The number of ether oxygens (including phenoxy) is 1. The molecule has 0 amide bonds. The predicted octanol–water partition coefficient (Wildman–Crippen LogP) is 3.27. The number of aryl methyl sites for hydroxylation is 1. The molecule has 0 aromatic carbocycles. The molecule has 0 spiro atoms. The van der Waals surface area contributed by atoms with Crippen LogP contribution in [0.3, 0.4) is 0 Å². The smallest absolute Gasteiger partial charge is 0.226 e. The summed E-state index contributed by atoms with van der Waals surface area (Å²) in [6.07, 6.45) is 8.18. The fourth-order valence-corrected chi connectivity index (χ4v) is 3.01. The third-order valence-corrected chi connectivity index (χ3v) is 4.45. The van der Waals surface area contributed by atoms with Crippen molar-refractivity contribution in [1.29, 1.82) is 0 Å². The van der Waals surface area contributed by atoms with E-state index in [1.807, 2.05) is 14.0 Å². The first-order valence-electron chi connectivity index (χ1n) is 8.36. The lowest BCUT2D eigenvalue weighted by molar-refractivity contribution is -0.00145. The topological polar surface area (TPSA) is 60.2 Å². The molecular weight excluding hydrogens is 266 g/mol. The van der Waals surface area contributed by atoms with Gasteiger partial charge in [0.2, 0.25) is 11.7 Å². The van der Waals surface area contributed by atoms with E-state index >= 15 is 0 Å². The Morgan fingerprint density at radius 1 is 1.33 bits per heavy atom. The van der Waals surface area contributed by atoms with Crippen LogP contribution < -0.4 is 5.32 Å². The van der Waals surface area contributed by atoms with Crippen molar-refractivity contribution in [1.82, 2.24) is 15.5 Å². The normalized spacial score (nSPS) is 19.6. The van der Waals surface area contributed by atoms with E-state index in [4.69, 9.17) is 9.26 Å². The van der Waals surface area contributed by atoms with Crippen molar-refractivity contribution in [2.24, 2.45) is 5.92 Å². The second-order valence-electron chi connectivity index (χ2n) is 6.05. The summed E-state index contributed by atoms with van der Waals surface area (Å²) >= 11 is 0. The first kappa shape index (κ1) is 16.4. The Labute approximate surface area is 127 Å². The third kappa shape index (κ3) is 4.78. The van der Waals surface area contributed by atoms with Gasteiger partial charge in [-0.1, -0.05) is 24.4 Å². The molecule has 21 heavy (non-hydrogen) atoms. The van der Waals surface area contributed by atoms with E-state index in [-0.39, 0.29) is 6.10 Å². The molecule has 0 saturated heterocycles. The molecule has 2 unspecified atom stereocenters. The minimum atomic E-state index is 0.00882. The highest BCUT2D eigenvalue weighted by Gasteiger charge is 2.29. The molecule has 1 fully saturated rings. The summed E-state index contributed by atoms with van der Waals surface area (Å²) in [5, 5.41) is 7.40. The standard InChI is InChI=1S/C16H29N3O2/c1-4-20-15(13-8-6-5-7-9-13)16-18-14(21-19-16)11-10-12(2)17-3/h12-13,15,17H,4-11H2,1-3H3. The Kier molecular flexibility index (Phi) is 6.64. The summed E-state index contributed by atoms with van der Waals surface area (Å²) in [5.74, 6) is 2.02. The highest BCUT2D eigenvalue weighted by atomic mass is 16.5. The van der Waals surface area contributed by atoms with Crippen LogP contribution in [0, 0.1) is 5.92 Å². The SMILES string of the molecule is CCOC(c1noc(CCC(C)NC)n1)C1CCCCC1.